The molecule has 0 aliphatic carbocycles. The summed E-state index contributed by atoms with van der Waals surface area (Å²) in [5.41, 5.74) is 0.862. The molecule has 2 aliphatic rings. The average Bonchev–Trinajstić information content (AvgIpc) is 2.87. The molecule has 192 valence electrons. The highest BCUT2D eigenvalue weighted by atomic mass is 19.1. The first-order valence-electron chi connectivity index (χ1n) is 13.0. The number of aromatic nitrogens is 3. The number of phenolic OH excluding ortho intramolecular Hbond substituents is 1. The summed E-state index contributed by atoms with van der Waals surface area (Å²) in [5.74, 6) is 0.194. The molecule has 2 fully saturated rings. The Hall–Kier alpha value is -3.39. The van der Waals surface area contributed by atoms with Gasteiger partial charge in [-0.05, 0) is 53.8 Å². The van der Waals surface area contributed by atoms with Crippen LogP contribution in [-0.4, -0.2) is 45.4 Å². The Morgan fingerprint density at radius 1 is 1.16 bits per heavy atom. The fourth-order valence-electron chi connectivity index (χ4n) is 5.77. The predicted molar refractivity (Wildman–Crippen MR) is 140 cm³/mol. The maximum atomic E-state index is 16.4. The van der Waals surface area contributed by atoms with E-state index in [1.807, 2.05) is 20.8 Å². The van der Waals surface area contributed by atoms with Gasteiger partial charge in [0.05, 0.1) is 17.6 Å². The van der Waals surface area contributed by atoms with Gasteiger partial charge in [-0.1, -0.05) is 26.8 Å². The highest BCUT2D eigenvalue weighted by molar-refractivity contribution is 6.01. The molecular formula is C29H30F2N4O2. The van der Waals surface area contributed by atoms with Crippen molar-refractivity contribution < 1.29 is 18.6 Å². The summed E-state index contributed by atoms with van der Waals surface area (Å²) in [6, 6.07) is 5.98. The van der Waals surface area contributed by atoms with Gasteiger partial charge in [0.15, 0.2) is 5.82 Å². The molecule has 6 nitrogen and oxygen atoms in total. The van der Waals surface area contributed by atoms with Crippen LogP contribution in [0.4, 0.5) is 14.6 Å². The van der Waals surface area contributed by atoms with Crippen molar-refractivity contribution in [2.75, 3.05) is 24.6 Å². The van der Waals surface area contributed by atoms with Gasteiger partial charge in [-0.15, -0.1) is 0 Å². The van der Waals surface area contributed by atoms with Gasteiger partial charge in [-0.25, -0.2) is 18.7 Å². The smallest absolute Gasteiger partial charge is 0.175 e. The summed E-state index contributed by atoms with van der Waals surface area (Å²) in [4.78, 5) is 16.2. The Kier molecular flexibility index (Phi) is 5.75. The summed E-state index contributed by atoms with van der Waals surface area (Å²) in [5, 5.41) is 12.1. The quantitative estimate of drug-likeness (QED) is 0.353. The van der Waals surface area contributed by atoms with Crippen LogP contribution in [0.3, 0.4) is 0 Å². The first kappa shape index (κ1) is 24.0. The second-order valence-electron chi connectivity index (χ2n) is 10.5. The van der Waals surface area contributed by atoms with E-state index in [2.05, 4.69) is 14.9 Å². The molecule has 1 atom stereocenters. The SMILES string of the molecule is CCc1c(F)ccc2cc(O)cc(-c3ncc4c(N5CCC[C@]6(CCO6)C5)nc(C(C)C)nc4c3F)c12. The summed E-state index contributed by atoms with van der Waals surface area (Å²) >= 11 is 0. The number of aromatic hydroxyl groups is 1. The van der Waals surface area contributed by atoms with Crippen molar-refractivity contribution in [1.29, 1.82) is 0 Å². The van der Waals surface area contributed by atoms with Crippen LogP contribution in [0.1, 0.15) is 57.3 Å². The lowest BCUT2D eigenvalue weighted by molar-refractivity contribution is -0.151. The zero-order valence-corrected chi connectivity index (χ0v) is 21.3. The van der Waals surface area contributed by atoms with Crippen LogP contribution >= 0.6 is 0 Å². The Labute approximate surface area is 214 Å². The first-order valence-corrected chi connectivity index (χ1v) is 13.0. The van der Waals surface area contributed by atoms with Crippen LogP contribution in [0, 0.1) is 11.6 Å². The largest absolute Gasteiger partial charge is 0.508 e. The number of hydrogen-bond acceptors (Lipinski definition) is 6. The molecule has 2 aromatic heterocycles. The van der Waals surface area contributed by atoms with Crippen molar-refractivity contribution in [3.63, 3.8) is 0 Å². The van der Waals surface area contributed by atoms with Crippen molar-refractivity contribution in [3.05, 3.63) is 53.5 Å². The van der Waals surface area contributed by atoms with E-state index in [4.69, 9.17) is 9.72 Å². The maximum Gasteiger partial charge on any atom is 0.175 e. The summed E-state index contributed by atoms with van der Waals surface area (Å²) in [6.07, 6.45) is 5.02. The summed E-state index contributed by atoms with van der Waals surface area (Å²) in [6.45, 7) is 8.09. The minimum atomic E-state index is -0.604. The summed E-state index contributed by atoms with van der Waals surface area (Å²) in [7, 11) is 0. The van der Waals surface area contributed by atoms with E-state index in [0.717, 1.165) is 32.4 Å². The Morgan fingerprint density at radius 3 is 2.68 bits per heavy atom. The number of piperidine rings is 1. The molecule has 2 aliphatic heterocycles. The second-order valence-corrected chi connectivity index (χ2v) is 10.5. The molecule has 4 aromatic rings. The van der Waals surface area contributed by atoms with Gasteiger partial charge in [-0.3, -0.25) is 4.98 Å². The van der Waals surface area contributed by atoms with E-state index < -0.39 is 5.82 Å². The minimum Gasteiger partial charge on any atom is -0.508 e. The summed E-state index contributed by atoms with van der Waals surface area (Å²) < 4.78 is 37.1. The fourth-order valence-corrected chi connectivity index (χ4v) is 5.77. The third kappa shape index (κ3) is 3.89. The zero-order valence-electron chi connectivity index (χ0n) is 21.3. The number of nitrogens with zero attached hydrogens (tertiary/aromatic N) is 4. The van der Waals surface area contributed by atoms with E-state index in [1.54, 1.807) is 18.3 Å². The molecule has 0 unspecified atom stereocenters. The van der Waals surface area contributed by atoms with Crippen LogP contribution in [0.25, 0.3) is 32.9 Å². The molecule has 0 saturated carbocycles. The normalized spacial score (nSPS) is 19.8. The van der Waals surface area contributed by atoms with Crippen LogP contribution in [-0.2, 0) is 11.2 Å². The molecule has 1 spiro atoms. The Morgan fingerprint density at radius 2 is 1.97 bits per heavy atom. The predicted octanol–water partition coefficient (Wildman–Crippen LogP) is 6.27. The number of rotatable bonds is 4. The fraction of sp³-hybridized carbons (Fsp3) is 0.414. The number of aryl methyl sites for hydroxylation is 1. The van der Waals surface area contributed by atoms with E-state index >= 15 is 4.39 Å². The number of benzene rings is 2. The number of hydrogen-bond donors (Lipinski definition) is 1. The average molecular weight is 505 g/mol. The van der Waals surface area contributed by atoms with E-state index in [-0.39, 0.29) is 34.3 Å². The first-order chi connectivity index (χ1) is 17.8. The van der Waals surface area contributed by atoms with Crippen LogP contribution in [0.15, 0.2) is 30.5 Å². The monoisotopic (exact) mass is 504 g/mol. The van der Waals surface area contributed by atoms with Gasteiger partial charge < -0.3 is 14.7 Å². The van der Waals surface area contributed by atoms with Gasteiger partial charge in [0.1, 0.15) is 34.4 Å². The van der Waals surface area contributed by atoms with E-state index in [1.165, 1.54) is 12.1 Å². The molecule has 37 heavy (non-hydrogen) atoms. The highest BCUT2D eigenvalue weighted by Gasteiger charge is 2.43. The van der Waals surface area contributed by atoms with Gasteiger partial charge in [0.25, 0.3) is 0 Å². The lowest BCUT2D eigenvalue weighted by Gasteiger charge is -2.49. The van der Waals surface area contributed by atoms with Gasteiger partial charge >= 0.3 is 0 Å². The molecule has 6 rings (SSSR count). The standard InChI is InChI=1S/C29H30F2N4O2/c1-4-19-22(30)7-6-17-12-18(36)13-20(23(17)19)25-24(31)26-21(14-32-25)28(34-27(33-26)16(2)3)35-10-5-8-29(15-35)9-11-37-29/h6-7,12-14,16,36H,4-5,8-11,15H2,1-3H3/t29-/m0/s1. The number of pyridine rings is 1. The molecule has 1 N–H and O–H groups in total. The molecule has 2 saturated heterocycles. The van der Waals surface area contributed by atoms with Crippen molar-refractivity contribution >= 4 is 27.5 Å². The highest BCUT2D eigenvalue weighted by Crippen LogP contribution is 2.41. The Bertz CT molecular complexity index is 1530. The van der Waals surface area contributed by atoms with Crippen LogP contribution in [0.5, 0.6) is 5.75 Å². The minimum absolute atomic E-state index is 0.0136. The van der Waals surface area contributed by atoms with Gasteiger partial charge in [-0.2, -0.15) is 0 Å². The van der Waals surface area contributed by atoms with Crippen molar-refractivity contribution in [2.45, 2.75) is 58.0 Å². The van der Waals surface area contributed by atoms with Crippen molar-refractivity contribution in [2.24, 2.45) is 0 Å². The van der Waals surface area contributed by atoms with E-state index in [0.29, 0.717) is 51.9 Å². The van der Waals surface area contributed by atoms with Gasteiger partial charge in [0, 0.05) is 37.2 Å². The second kappa shape index (κ2) is 8.87. The lowest BCUT2D eigenvalue weighted by Crippen LogP contribution is -2.56. The van der Waals surface area contributed by atoms with E-state index in [9.17, 15) is 9.50 Å². The number of phenols is 1. The van der Waals surface area contributed by atoms with Crippen molar-refractivity contribution in [3.8, 4) is 17.0 Å². The Balaban J connectivity index is 1.58. The van der Waals surface area contributed by atoms with Crippen LogP contribution < -0.4 is 4.90 Å². The third-order valence-corrected chi connectivity index (χ3v) is 7.76. The third-order valence-electron chi connectivity index (χ3n) is 7.76. The molecule has 2 aromatic carbocycles. The number of ether oxygens (including phenoxy) is 1. The number of anilines is 1. The molecule has 8 heteroatoms. The molecule has 4 heterocycles. The van der Waals surface area contributed by atoms with Crippen LogP contribution in [0.2, 0.25) is 0 Å². The van der Waals surface area contributed by atoms with Crippen molar-refractivity contribution in [1.82, 2.24) is 15.0 Å². The van der Waals surface area contributed by atoms with Gasteiger partial charge in [0.2, 0.25) is 0 Å². The maximum absolute atomic E-state index is 16.4. The molecule has 0 bridgehead atoms. The molecule has 0 amide bonds. The molecule has 0 radical (unpaired) electrons. The number of halogens is 2. The lowest BCUT2D eigenvalue weighted by atomic mass is 9.86. The molecular weight excluding hydrogens is 474 g/mol. The topological polar surface area (TPSA) is 71.4 Å². The zero-order chi connectivity index (χ0) is 25.9. The number of fused-ring (bicyclic) bond motifs is 2.